The fourth-order valence-electron chi connectivity index (χ4n) is 11.9. The van der Waals surface area contributed by atoms with E-state index in [4.69, 9.17) is 31.4 Å². The quantitative estimate of drug-likeness (QED) is 0.135. The van der Waals surface area contributed by atoms with Crippen molar-refractivity contribution in [3.8, 4) is 78.7 Å². The minimum absolute atomic E-state index is 0.0214. The smallest absolute Gasteiger partial charge is 0.252 e. The van der Waals surface area contributed by atoms with E-state index >= 15 is 0 Å². The van der Waals surface area contributed by atoms with Gasteiger partial charge in [-0.25, -0.2) is 15.0 Å². The van der Waals surface area contributed by atoms with Crippen molar-refractivity contribution in [1.29, 1.82) is 0 Å². The first-order valence-corrected chi connectivity index (χ1v) is 29.0. The predicted octanol–water partition coefficient (Wildman–Crippen LogP) is 19.5. The molecule has 12 aromatic rings. The summed E-state index contributed by atoms with van der Waals surface area (Å²) in [4.78, 5) is 19.2. The molecule has 2 aliphatic rings. The minimum Gasteiger partial charge on any atom is -0.311 e. The van der Waals surface area contributed by atoms with Crippen LogP contribution >= 0.6 is 0 Å². The summed E-state index contributed by atoms with van der Waals surface area (Å²) in [6.45, 7) is 18.0. The van der Waals surface area contributed by atoms with Gasteiger partial charge < -0.3 is 9.80 Å². The molecule has 0 fully saturated rings. The van der Waals surface area contributed by atoms with Gasteiger partial charge in [-0.05, 0) is 131 Å². The summed E-state index contributed by atoms with van der Waals surface area (Å²) in [6, 6.07) is 36.2. The van der Waals surface area contributed by atoms with Crippen LogP contribution in [-0.4, -0.2) is 21.7 Å². The second-order valence-electron chi connectivity index (χ2n) is 25.1. The predicted molar refractivity (Wildman–Crippen MR) is 368 cm³/mol. The molecule has 0 unspecified atom stereocenters. The second-order valence-corrected chi connectivity index (χ2v) is 25.1. The van der Waals surface area contributed by atoms with Crippen LogP contribution in [0.4, 0.5) is 34.1 Å². The van der Waals surface area contributed by atoms with E-state index in [2.05, 4.69) is 95.0 Å². The molecule has 87 heavy (non-hydrogen) atoms. The molecule has 0 bridgehead atoms. The van der Waals surface area contributed by atoms with Gasteiger partial charge in [0.2, 0.25) is 0 Å². The number of anilines is 6. The molecule has 1 aromatic heterocycles. The Morgan fingerprint density at radius 2 is 0.736 bits per heavy atom. The van der Waals surface area contributed by atoms with Crippen molar-refractivity contribution in [3.05, 3.63) is 277 Å². The van der Waals surface area contributed by atoms with E-state index in [0.29, 0.717) is 44.9 Å². The Balaban J connectivity index is 1.19. The molecule has 0 atom stereocenters. The number of rotatable bonds is 9. The summed E-state index contributed by atoms with van der Waals surface area (Å²) in [5.41, 5.74) is 9.73. The van der Waals surface area contributed by atoms with Gasteiger partial charge in [0.1, 0.15) is 0 Å². The molecule has 0 spiro atoms. The Hall–Kier alpha value is -9.91. The molecule has 5 nitrogen and oxygen atoms in total. The van der Waals surface area contributed by atoms with E-state index in [1.54, 1.807) is 18.2 Å². The van der Waals surface area contributed by atoms with Crippen molar-refractivity contribution in [2.24, 2.45) is 0 Å². The van der Waals surface area contributed by atoms with Gasteiger partial charge in [0, 0.05) is 50.6 Å². The van der Waals surface area contributed by atoms with Gasteiger partial charge >= 0.3 is 0 Å². The number of benzene rings is 11. The Labute approximate surface area is 540 Å². The lowest BCUT2D eigenvalue weighted by Gasteiger charge is -2.46. The van der Waals surface area contributed by atoms with Gasteiger partial charge in [-0.3, -0.25) is 0 Å². The van der Waals surface area contributed by atoms with Gasteiger partial charge in [-0.2, -0.15) is 0 Å². The van der Waals surface area contributed by atoms with Crippen molar-refractivity contribution < 1.29 is 26.0 Å². The summed E-state index contributed by atoms with van der Waals surface area (Å²) in [7, 11) is 0. The molecule has 0 saturated heterocycles. The van der Waals surface area contributed by atoms with E-state index < -0.39 is 149 Å². The van der Waals surface area contributed by atoms with Crippen LogP contribution < -0.4 is 26.2 Å². The highest BCUT2D eigenvalue weighted by Crippen LogP contribution is 2.54. The lowest BCUT2D eigenvalue weighted by atomic mass is 9.33. The molecule has 6 heteroatoms. The lowest BCUT2D eigenvalue weighted by molar-refractivity contribution is 0.590. The molecular formula is C81H70BN5. The molecular weight excluding hydrogens is 1050 g/mol. The second kappa shape index (κ2) is 21.6. The average Bonchev–Trinajstić information content (AvgIpc) is 0.686. The zero-order valence-electron chi connectivity index (χ0n) is 68.7. The number of aromatic nitrogens is 3. The van der Waals surface area contributed by atoms with E-state index in [0.717, 1.165) is 50.1 Å². The maximum atomic E-state index is 9.47. The van der Waals surface area contributed by atoms with Crippen LogP contribution in [-0.2, 0) is 16.2 Å². The van der Waals surface area contributed by atoms with Gasteiger partial charge in [-0.15, -0.1) is 0 Å². The number of hydrogen-bond donors (Lipinski definition) is 0. The topological polar surface area (TPSA) is 45.2 Å². The Kier molecular flexibility index (Phi) is 9.29. The fraction of sp³-hybridized carbons (Fsp3) is 0.148. The van der Waals surface area contributed by atoms with Crippen molar-refractivity contribution in [1.82, 2.24) is 15.0 Å². The zero-order valence-corrected chi connectivity index (χ0v) is 49.7. The Morgan fingerprint density at radius 1 is 0.310 bits per heavy atom. The Morgan fingerprint density at radius 3 is 1.25 bits per heavy atom. The minimum atomic E-state index is -0.778. The summed E-state index contributed by atoms with van der Waals surface area (Å²) < 4.78 is 172. The van der Waals surface area contributed by atoms with E-state index in [1.807, 2.05) is 98.5 Å². The van der Waals surface area contributed by atoms with Crippen LogP contribution in [0.3, 0.4) is 0 Å². The molecule has 2 aliphatic heterocycles. The highest BCUT2D eigenvalue weighted by Gasteiger charge is 2.46. The van der Waals surface area contributed by atoms with Crippen LogP contribution in [0, 0.1) is 0 Å². The summed E-state index contributed by atoms with van der Waals surface area (Å²) in [5.74, 6) is -0.892. The molecule has 0 amide bonds. The number of fused-ring (bicyclic) bond motifs is 4. The van der Waals surface area contributed by atoms with Crippen molar-refractivity contribution in [2.45, 2.75) is 78.6 Å². The zero-order chi connectivity index (χ0) is 76.3. The third-order valence-corrected chi connectivity index (χ3v) is 16.4. The highest BCUT2D eigenvalue weighted by atomic mass is 15.2. The standard InChI is InChI=1S/C81H70BN5/c1-79(2,3)61-42-45-69(66(48-61)78-84-76(57-36-24-14-25-37-57)83-77(85-78)58-38-26-15-27-39-58)86-70-46-59(53-28-16-10-17-29-53)40-43-67(70)82-68-44-41-60(54-30-18-11-19-31-54)47-71(68)87(73-52-63(81(7,8)9)51-72(86)74(73)82)75-64(55-32-20-12-21-33-55)49-62(80(4,5)6)50-65(75)56-34-22-13-23-35-56/h10-52H,1-9H3/i10D,11D,14D,15D,16D,17D,18D,19D,24D,25D,26D,27D,28D,29D,30D,31D,36D,37D,38D. The van der Waals surface area contributed by atoms with Crippen LogP contribution in [0.1, 0.15) is 105 Å². The summed E-state index contributed by atoms with van der Waals surface area (Å²) in [5, 5.41) is 0. The Bertz CT molecular complexity index is 5610. The van der Waals surface area contributed by atoms with E-state index in [1.165, 1.54) is 6.07 Å². The molecule has 3 heterocycles. The van der Waals surface area contributed by atoms with Crippen molar-refractivity contribution >= 4 is 57.2 Å². The summed E-state index contributed by atoms with van der Waals surface area (Å²) in [6.07, 6.45) is 0. The van der Waals surface area contributed by atoms with Crippen molar-refractivity contribution in [3.63, 3.8) is 0 Å². The monoisotopic (exact) mass is 1140 g/mol. The maximum Gasteiger partial charge on any atom is 0.252 e. The van der Waals surface area contributed by atoms with E-state index in [-0.39, 0.29) is 39.5 Å². The molecule has 0 saturated carbocycles. The molecule has 0 radical (unpaired) electrons. The first-order chi connectivity index (χ1) is 49.9. The molecule has 14 rings (SSSR count). The third kappa shape index (κ3) is 10.1. The third-order valence-electron chi connectivity index (χ3n) is 16.4. The number of nitrogens with zero attached hydrogens (tertiary/aromatic N) is 5. The maximum absolute atomic E-state index is 9.47. The van der Waals surface area contributed by atoms with Crippen LogP contribution in [0.25, 0.3) is 78.7 Å². The molecule has 422 valence electrons. The van der Waals surface area contributed by atoms with Crippen LogP contribution in [0.5, 0.6) is 0 Å². The van der Waals surface area contributed by atoms with Crippen molar-refractivity contribution in [2.75, 3.05) is 9.80 Å². The van der Waals surface area contributed by atoms with Gasteiger partial charge in [0.15, 0.2) is 17.5 Å². The first kappa shape index (κ1) is 37.5. The van der Waals surface area contributed by atoms with Gasteiger partial charge in [0.25, 0.3) is 6.71 Å². The largest absolute Gasteiger partial charge is 0.311 e. The van der Waals surface area contributed by atoms with Crippen LogP contribution in [0.15, 0.2) is 260 Å². The van der Waals surface area contributed by atoms with Gasteiger partial charge in [0.05, 0.1) is 37.4 Å². The van der Waals surface area contributed by atoms with E-state index in [9.17, 15) is 9.60 Å². The highest BCUT2D eigenvalue weighted by molar-refractivity contribution is 7.00. The molecule has 11 aromatic carbocycles. The van der Waals surface area contributed by atoms with Crippen LogP contribution in [0.2, 0.25) is 0 Å². The summed E-state index contributed by atoms with van der Waals surface area (Å²) >= 11 is 0. The fourth-order valence-corrected chi connectivity index (χ4v) is 11.9. The normalized spacial score (nSPS) is 15.9. The average molecular weight is 1140 g/mol. The SMILES string of the molecule is [2H]c1cc(-c2nc(-c3cc(C(C)(C)C)ccc3N3c4cc(-c5c([2H])c([2H])c([2H])c([2H])c5[2H])ccc4B4c5ccc(-c6c([2H])c([2H])c([2H])c([2H])c6[2H])cc5N(c5c(-c6ccccc6)cc(C(C)(C)C)cc5-c5ccccc5)c5cc(C(C)(C)C)cc3c54)nc(-c3c([2H])c([2H])c([2H])c([2H])c3[2H])n2)c([2H])c([2H])c1[2H]. The van der Waals surface area contributed by atoms with Gasteiger partial charge in [-0.1, -0.05) is 274 Å². The lowest BCUT2D eigenvalue weighted by Crippen LogP contribution is -2.61. The first-order valence-electron chi connectivity index (χ1n) is 38.5. The number of hydrogen-bond acceptors (Lipinski definition) is 5. The molecule has 0 N–H and O–H groups in total. The molecule has 0 aliphatic carbocycles.